The molecule has 1 aliphatic heterocycles. The minimum atomic E-state index is -0.127. The molecule has 0 saturated carbocycles. The molecule has 0 spiro atoms. The normalized spacial score (nSPS) is 24.6. The molecule has 2 rings (SSSR count). The molecule has 0 aromatic heterocycles. The largest absolute Gasteiger partial charge is 0.379 e. The van der Waals surface area contributed by atoms with Crippen molar-refractivity contribution < 1.29 is 9.53 Å². The summed E-state index contributed by atoms with van der Waals surface area (Å²) in [7, 11) is 0. The molecule has 0 radical (unpaired) electrons. The Morgan fingerprint density at radius 3 is 2.62 bits per heavy atom. The number of rotatable bonds is 3. The Kier molecular flexibility index (Phi) is 3.36. The molecule has 1 heterocycles. The summed E-state index contributed by atoms with van der Waals surface area (Å²) >= 11 is 0. The maximum absolute atomic E-state index is 12.0. The lowest BCUT2D eigenvalue weighted by atomic mass is 9.94. The van der Waals surface area contributed by atoms with Gasteiger partial charge in [-0.15, -0.1) is 0 Å². The van der Waals surface area contributed by atoms with Crippen LogP contribution in [0.4, 0.5) is 0 Å². The quantitative estimate of drug-likeness (QED) is 0.827. The fraction of sp³-hybridized carbons (Fsp3) is 0.462. The van der Waals surface area contributed by atoms with E-state index in [9.17, 15) is 4.79 Å². The number of nitrogens with two attached hydrogens (primary N) is 1. The van der Waals surface area contributed by atoms with Crippen molar-refractivity contribution in [3.8, 4) is 0 Å². The van der Waals surface area contributed by atoms with Crippen molar-refractivity contribution in [1.82, 2.24) is 0 Å². The van der Waals surface area contributed by atoms with Crippen LogP contribution in [0.5, 0.6) is 0 Å². The number of hydrogen-bond donors (Lipinski definition) is 1. The van der Waals surface area contributed by atoms with Crippen molar-refractivity contribution in [1.29, 1.82) is 0 Å². The highest BCUT2D eigenvalue weighted by atomic mass is 16.5. The summed E-state index contributed by atoms with van der Waals surface area (Å²) in [5, 5.41) is 0. The van der Waals surface area contributed by atoms with Crippen LogP contribution in [0.2, 0.25) is 0 Å². The fourth-order valence-electron chi connectivity index (χ4n) is 1.94. The van der Waals surface area contributed by atoms with Crippen molar-refractivity contribution >= 4 is 5.78 Å². The fourth-order valence-corrected chi connectivity index (χ4v) is 1.94. The van der Waals surface area contributed by atoms with E-state index in [0.29, 0.717) is 19.6 Å². The van der Waals surface area contributed by atoms with E-state index in [1.807, 2.05) is 31.2 Å². The molecule has 86 valence electrons. The van der Waals surface area contributed by atoms with Crippen molar-refractivity contribution in [2.45, 2.75) is 19.4 Å². The second-order valence-corrected chi connectivity index (χ2v) is 4.44. The monoisotopic (exact) mass is 219 g/mol. The molecule has 1 saturated heterocycles. The summed E-state index contributed by atoms with van der Waals surface area (Å²) in [5.74, 6) is 0.0650. The van der Waals surface area contributed by atoms with E-state index in [2.05, 4.69) is 0 Å². The van der Waals surface area contributed by atoms with Gasteiger partial charge in [-0.1, -0.05) is 29.8 Å². The number of ketones is 1. The zero-order valence-electron chi connectivity index (χ0n) is 9.48. The lowest BCUT2D eigenvalue weighted by molar-refractivity contribution is -0.122. The van der Waals surface area contributed by atoms with E-state index in [1.165, 1.54) is 5.56 Å². The van der Waals surface area contributed by atoms with E-state index in [0.717, 1.165) is 5.56 Å². The number of carbonyl (C=O) groups excluding carboxylic acids is 1. The van der Waals surface area contributed by atoms with Gasteiger partial charge in [0.1, 0.15) is 5.78 Å². The Labute approximate surface area is 95.6 Å². The van der Waals surface area contributed by atoms with Gasteiger partial charge in [0.15, 0.2) is 0 Å². The summed E-state index contributed by atoms with van der Waals surface area (Å²) in [4.78, 5) is 12.0. The van der Waals surface area contributed by atoms with Crippen LogP contribution in [0.15, 0.2) is 24.3 Å². The third-order valence-electron chi connectivity index (χ3n) is 3.04. The Hall–Kier alpha value is -1.19. The first kappa shape index (κ1) is 11.3. The van der Waals surface area contributed by atoms with Gasteiger partial charge >= 0.3 is 0 Å². The van der Waals surface area contributed by atoms with Crippen molar-refractivity contribution in [2.75, 3.05) is 13.2 Å². The molecule has 0 amide bonds. The zero-order valence-corrected chi connectivity index (χ0v) is 9.48. The second-order valence-electron chi connectivity index (χ2n) is 4.44. The molecule has 1 aliphatic rings. The van der Waals surface area contributed by atoms with Gasteiger partial charge in [0.25, 0.3) is 0 Å². The second kappa shape index (κ2) is 4.76. The molecule has 0 aliphatic carbocycles. The van der Waals surface area contributed by atoms with Crippen LogP contribution >= 0.6 is 0 Å². The Morgan fingerprint density at radius 2 is 2.06 bits per heavy atom. The van der Waals surface area contributed by atoms with Gasteiger partial charge in [0.05, 0.1) is 19.1 Å². The van der Waals surface area contributed by atoms with Crippen molar-refractivity contribution in [3.05, 3.63) is 35.4 Å². The Morgan fingerprint density at radius 1 is 1.38 bits per heavy atom. The molecule has 1 aromatic carbocycles. The van der Waals surface area contributed by atoms with Crippen LogP contribution in [0.3, 0.4) is 0 Å². The third kappa shape index (κ3) is 2.49. The van der Waals surface area contributed by atoms with Gasteiger partial charge in [-0.25, -0.2) is 0 Å². The highest BCUT2D eigenvalue weighted by molar-refractivity contribution is 5.84. The Bertz CT molecular complexity index is 372. The molecule has 0 bridgehead atoms. The zero-order chi connectivity index (χ0) is 11.5. The molecule has 2 N–H and O–H groups in total. The average Bonchev–Trinajstić information content (AvgIpc) is 2.68. The van der Waals surface area contributed by atoms with E-state index < -0.39 is 0 Å². The lowest BCUT2D eigenvalue weighted by Gasteiger charge is -2.11. The standard InChI is InChI=1S/C13H17NO2/c1-9-2-4-10(5-3-9)6-13(15)11-7-16-8-12(11)14/h2-5,11-12H,6-8,14H2,1H3. The van der Waals surface area contributed by atoms with Gasteiger partial charge < -0.3 is 10.5 Å². The van der Waals surface area contributed by atoms with E-state index >= 15 is 0 Å². The number of aryl methyl sites for hydroxylation is 1. The average molecular weight is 219 g/mol. The van der Waals surface area contributed by atoms with Crippen LogP contribution in [0.1, 0.15) is 11.1 Å². The Balaban J connectivity index is 1.99. The summed E-state index contributed by atoms with van der Waals surface area (Å²) in [6, 6.07) is 7.91. The van der Waals surface area contributed by atoms with Gasteiger partial charge in [-0.05, 0) is 12.5 Å². The first-order valence-electron chi connectivity index (χ1n) is 5.58. The van der Waals surface area contributed by atoms with Crippen LogP contribution in [-0.4, -0.2) is 25.0 Å². The molecule has 3 heteroatoms. The van der Waals surface area contributed by atoms with Gasteiger partial charge in [-0.2, -0.15) is 0 Å². The molecular weight excluding hydrogens is 202 g/mol. The molecule has 1 aromatic rings. The maximum atomic E-state index is 12.0. The first-order chi connectivity index (χ1) is 7.66. The predicted octanol–water partition coefficient (Wildman–Crippen LogP) is 1.08. The van der Waals surface area contributed by atoms with Crippen LogP contribution in [-0.2, 0) is 16.0 Å². The predicted molar refractivity (Wildman–Crippen MR) is 62.2 cm³/mol. The highest BCUT2D eigenvalue weighted by Gasteiger charge is 2.30. The number of carbonyl (C=O) groups is 1. The lowest BCUT2D eigenvalue weighted by Crippen LogP contribution is -2.34. The summed E-state index contributed by atoms with van der Waals surface area (Å²) in [6.07, 6.45) is 0.460. The highest BCUT2D eigenvalue weighted by Crippen LogP contribution is 2.15. The van der Waals surface area contributed by atoms with Gasteiger partial charge in [-0.3, -0.25) is 4.79 Å². The molecular formula is C13H17NO2. The van der Waals surface area contributed by atoms with E-state index in [4.69, 9.17) is 10.5 Å². The number of benzene rings is 1. The topological polar surface area (TPSA) is 52.3 Å². The van der Waals surface area contributed by atoms with Crippen LogP contribution < -0.4 is 5.73 Å². The maximum Gasteiger partial charge on any atom is 0.144 e. The third-order valence-corrected chi connectivity index (χ3v) is 3.04. The van der Waals surface area contributed by atoms with Gasteiger partial charge in [0, 0.05) is 12.5 Å². The number of hydrogen-bond acceptors (Lipinski definition) is 3. The van der Waals surface area contributed by atoms with E-state index in [1.54, 1.807) is 0 Å². The minimum absolute atomic E-state index is 0.124. The summed E-state index contributed by atoms with van der Waals surface area (Å²) < 4.78 is 5.20. The number of Topliss-reactive ketones (excluding diaryl/α,β-unsaturated/α-hetero) is 1. The molecule has 2 atom stereocenters. The minimum Gasteiger partial charge on any atom is -0.379 e. The van der Waals surface area contributed by atoms with Crippen molar-refractivity contribution in [2.24, 2.45) is 11.7 Å². The van der Waals surface area contributed by atoms with Crippen LogP contribution in [0.25, 0.3) is 0 Å². The van der Waals surface area contributed by atoms with E-state index in [-0.39, 0.29) is 17.7 Å². The number of ether oxygens (including phenoxy) is 1. The smallest absolute Gasteiger partial charge is 0.144 e. The molecule has 3 nitrogen and oxygen atoms in total. The van der Waals surface area contributed by atoms with Crippen molar-refractivity contribution in [3.63, 3.8) is 0 Å². The molecule has 2 unspecified atom stereocenters. The summed E-state index contributed by atoms with van der Waals surface area (Å²) in [6.45, 7) is 3.02. The molecule has 1 fully saturated rings. The first-order valence-corrected chi connectivity index (χ1v) is 5.58. The van der Waals surface area contributed by atoms with Crippen LogP contribution in [0, 0.1) is 12.8 Å². The van der Waals surface area contributed by atoms with Gasteiger partial charge in [0.2, 0.25) is 0 Å². The summed E-state index contributed by atoms with van der Waals surface area (Å²) in [5.41, 5.74) is 8.07. The molecule has 16 heavy (non-hydrogen) atoms. The SMILES string of the molecule is Cc1ccc(CC(=O)C2COCC2N)cc1.